The van der Waals surface area contributed by atoms with E-state index in [-0.39, 0.29) is 18.3 Å². The average Bonchev–Trinajstić information content (AvgIpc) is 2.71. The topological polar surface area (TPSA) is 94.5 Å². The summed E-state index contributed by atoms with van der Waals surface area (Å²) < 4.78 is 31.9. The van der Waals surface area contributed by atoms with Gasteiger partial charge in [-0.15, -0.1) is 0 Å². The lowest BCUT2D eigenvalue weighted by Crippen LogP contribution is -2.30. The standard InChI is InChI=1S/C11H21BO7P2S/c1-4-18-21(15,22)19-10-8(5-6-20(13,14)17-3)7-9(12)11(10)16-2/h5-6,8-11H,4,7H2,1-3H3,(H,13,14)(H,15,22)/b6-5+/t8-,9-,10+,11-,21?/m0/s1. The molecule has 0 amide bonds. The van der Waals surface area contributed by atoms with Gasteiger partial charge in [0.15, 0.2) is 0 Å². The summed E-state index contributed by atoms with van der Waals surface area (Å²) in [7, 11) is 4.81. The summed E-state index contributed by atoms with van der Waals surface area (Å²) in [6, 6.07) is 0. The van der Waals surface area contributed by atoms with Crippen LogP contribution < -0.4 is 0 Å². The number of rotatable bonds is 8. The molecule has 2 N–H and O–H groups in total. The normalized spacial score (nSPS) is 34.6. The first-order valence-electron chi connectivity index (χ1n) is 6.67. The maximum absolute atomic E-state index is 11.5. The third kappa shape index (κ3) is 5.82. The minimum atomic E-state index is -3.79. The Morgan fingerprint density at radius 2 is 2.00 bits per heavy atom. The van der Waals surface area contributed by atoms with Gasteiger partial charge in [-0.25, -0.2) is 0 Å². The van der Waals surface area contributed by atoms with Gasteiger partial charge in [-0.1, -0.05) is 6.08 Å². The molecule has 1 aliphatic rings. The molecule has 22 heavy (non-hydrogen) atoms. The van der Waals surface area contributed by atoms with Crippen molar-refractivity contribution >= 4 is 34.0 Å². The Labute approximate surface area is 137 Å². The van der Waals surface area contributed by atoms with E-state index in [2.05, 4.69) is 4.52 Å². The van der Waals surface area contributed by atoms with Gasteiger partial charge in [-0.3, -0.25) is 4.57 Å². The second kappa shape index (κ2) is 8.52. The number of hydrogen-bond acceptors (Lipinski definition) is 6. The minimum absolute atomic E-state index is 0.209. The van der Waals surface area contributed by atoms with Crippen LogP contribution in [0.5, 0.6) is 0 Å². The van der Waals surface area contributed by atoms with Crippen LogP contribution in [0, 0.1) is 5.92 Å². The van der Waals surface area contributed by atoms with Crippen molar-refractivity contribution in [1.82, 2.24) is 0 Å². The van der Waals surface area contributed by atoms with Gasteiger partial charge in [0, 0.05) is 26.0 Å². The largest absolute Gasteiger partial charge is 0.379 e. The molecular weight excluding hydrogens is 349 g/mol. The lowest BCUT2D eigenvalue weighted by molar-refractivity contribution is 0.00384. The second-order valence-corrected chi connectivity index (χ2v) is 9.39. The molecule has 2 radical (unpaired) electrons. The van der Waals surface area contributed by atoms with Gasteiger partial charge < -0.3 is 28.1 Å². The van der Waals surface area contributed by atoms with Crippen LogP contribution >= 0.6 is 14.3 Å². The van der Waals surface area contributed by atoms with Crippen LogP contribution in [0.1, 0.15) is 13.3 Å². The zero-order valence-electron chi connectivity index (χ0n) is 12.7. The van der Waals surface area contributed by atoms with Gasteiger partial charge in [0.2, 0.25) is 0 Å². The predicted molar refractivity (Wildman–Crippen MR) is 87.4 cm³/mol. The summed E-state index contributed by atoms with van der Waals surface area (Å²) in [4.78, 5) is 19.4. The summed E-state index contributed by atoms with van der Waals surface area (Å²) in [5, 5.41) is 0. The molecule has 0 heterocycles. The van der Waals surface area contributed by atoms with Gasteiger partial charge in [0.1, 0.15) is 0 Å². The highest BCUT2D eigenvalue weighted by atomic mass is 32.5. The second-order valence-electron chi connectivity index (χ2n) is 4.81. The first-order valence-corrected chi connectivity index (χ1v) is 10.9. The monoisotopic (exact) mass is 370 g/mol. The van der Waals surface area contributed by atoms with Crippen LogP contribution in [0.2, 0.25) is 5.82 Å². The van der Waals surface area contributed by atoms with E-state index in [0.29, 0.717) is 6.42 Å². The third-order valence-corrected chi connectivity index (χ3v) is 6.06. The molecule has 11 heteroatoms. The number of ether oxygens (including phenoxy) is 1. The Morgan fingerprint density at radius 3 is 2.50 bits per heavy atom. The van der Waals surface area contributed by atoms with Crippen molar-refractivity contribution in [3.63, 3.8) is 0 Å². The maximum atomic E-state index is 11.5. The summed E-state index contributed by atoms with van der Waals surface area (Å²) in [5.41, 5.74) is 0. The summed E-state index contributed by atoms with van der Waals surface area (Å²) in [6.07, 6.45) is 0.751. The van der Waals surface area contributed by atoms with E-state index in [1.165, 1.54) is 13.2 Å². The van der Waals surface area contributed by atoms with Gasteiger partial charge in [-0.05, 0) is 31.0 Å². The fourth-order valence-corrected chi connectivity index (χ4v) is 4.48. The Morgan fingerprint density at radius 1 is 1.36 bits per heavy atom. The molecule has 2 unspecified atom stereocenters. The van der Waals surface area contributed by atoms with Gasteiger partial charge in [0.05, 0.1) is 26.7 Å². The summed E-state index contributed by atoms with van der Waals surface area (Å²) in [5.74, 6) is 0.354. The van der Waals surface area contributed by atoms with Gasteiger partial charge in [-0.2, -0.15) is 0 Å². The zero-order valence-corrected chi connectivity index (χ0v) is 15.3. The molecule has 1 aliphatic carbocycles. The molecule has 1 rings (SSSR count). The van der Waals surface area contributed by atoms with Crippen molar-refractivity contribution < 1.29 is 32.7 Å². The lowest BCUT2D eigenvalue weighted by Gasteiger charge is -2.27. The van der Waals surface area contributed by atoms with Crippen LogP contribution in [-0.2, 0) is 34.7 Å². The molecule has 0 aromatic carbocycles. The minimum Gasteiger partial charge on any atom is -0.379 e. The van der Waals surface area contributed by atoms with Crippen LogP contribution in [0.25, 0.3) is 0 Å². The third-order valence-electron chi connectivity index (χ3n) is 3.31. The average molecular weight is 370 g/mol. The molecule has 1 saturated carbocycles. The van der Waals surface area contributed by atoms with E-state index in [4.69, 9.17) is 33.4 Å². The SMILES string of the molecule is [B][C@H]1C[C@H](/C=C/P(=O)(O)OC)[C@@H](OP(O)(=S)OCC)[C@H]1OC. The molecule has 0 aromatic heterocycles. The highest BCUT2D eigenvalue weighted by Crippen LogP contribution is 2.52. The smallest absolute Gasteiger partial charge is 0.351 e. The lowest BCUT2D eigenvalue weighted by atomic mass is 9.83. The first kappa shape index (κ1) is 20.5. The Bertz CT molecular complexity index is 489. The van der Waals surface area contributed by atoms with E-state index in [1.807, 2.05) is 0 Å². The Kier molecular flexibility index (Phi) is 7.93. The fourth-order valence-electron chi connectivity index (χ4n) is 2.33. The number of hydrogen-bond donors (Lipinski definition) is 2. The quantitative estimate of drug-likeness (QED) is 0.495. The molecule has 6 atom stereocenters. The molecule has 126 valence electrons. The highest BCUT2D eigenvalue weighted by Gasteiger charge is 2.43. The van der Waals surface area contributed by atoms with Crippen LogP contribution in [0.15, 0.2) is 11.9 Å². The van der Waals surface area contributed by atoms with Crippen molar-refractivity contribution in [1.29, 1.82) is 0 Å². The summed E-state index contributed by atoms with van der Waals surface area (Å²) in [6.45, 7) is -1.53. The molecule has 1 fully saturated rings. The highest BCUT2D eigenvalue weighted by molar-refractivity contribution is 8.07. The van der Waals surface area contributed by atoms with E-state index < -0.39 is 26.5 Å². The van der Waals surface area contributed by atoms with Crippen molar-refractivity contribution in [2.45, 2.75) is 31.4 Å². The van der Waals surface area contributed by atoms with Gasteiger partial charge in [0.25, 0.3) is 0 Å². The van der Waals surface area contributed by atoms with Crippen molar-refractivity contribution in [3.05, 3.63) is 11.9 Å². The molecule has 0 spiro atoms. The van der Waals surface area contributed by atoms with Crippen LogP contribution in [-0.4, -0.2) is 50.7 Å². The Hall–Kier alpha value is 0.445. The van der Waals surface area contributed by atoms with Crippen LogP contribution in [0.3, 0.4) is 0 Å². The molecule has 0 aliphatic heterocycles. The Balaban J connectivity index is 2.94. The molecule has 0 aromatic rings. The number of methoxy groups -OCH3 is 1. The molecule has 0 saturated heterocycles. The first-order chi connectivity index (χ1) is 10.2. The molecule has 0 bridgehead atoms. The maximum Gasteiger partial charge on any atom is 0.351 e. The zero-order chi connectivity index (χ0) is 17.0. The van der Waals surface area contributed by atoms with Crippen LogP contribution in [0.4, 0.5) is 0 Å². The van der Waals surface area contributed by atoms with E-state index >= 15 is 0 Å². The fraction of sp³-hybridized carbons (Fsp3) is 0.818. The van der Waals surface area contributed by atoms with E-state index in [9.17, 15) is 14.4 Å². The van der Waals surface area contributed by atoms with E-state index in [0.717, 1.165) is 12.9 Å². The van der Waals surface area contributed by atoms with Crippen molar-refractivity contribution in [2.75, 3.05) is 20.8 Å². The molecular formula is C11H21BO7P2S. The van der Waals surface area contributed by atoms with Gasteiger partial charge >= 0.3 is 14.3 Å². The van der Waals surface area contributed by atoms with E-state index in [1.54, 1.807) is 6.92 Å². The predicted octanol–water partition coefficient (Wildman–Crippen LogP) is 1.96. The van der Waals surface area contributed by atoms with Crippen molar-refractivity contribution in [2.24, 2.45) is 5.92 Å². The molecule has 7 nitrogen and oxygen atoms in total. The van der Waals surface area contributed by atoms with Crippen molar-refractivity contribution in [3.8, 4) is 0 Å². The summed E-state index contributed by atoms with van der Waals surface area (Å²) >= 11 is 4.92.